The van der Waals surface area contributed by atoms with Crippen LogP contribution in [0.4, 0.5) is 5.82 Å². The van der Waals surface area contributed by atoms with Crippen molar-refractivity contribution in [2.24, 2.45) is 5.73 Å². The van der Waals surface area contributed by atoms with E-state index in [0.717, 1.165) is 5.69 Å². The Labute approximate surface area is 117 Å². The van der Waals surface area contributed by atoms with Crippen LogP contribution in [0.1, 0.15) is 16.1 Å². The van der Waals surface area contributed by atoms with Crippen LogP contribution in [0.3, 0.4) is 0 Å². The highest BCUT2D eigenvalue weighted by atomic mass is 16.4. The first-order chi connectivity index (χ1) is 9.47. The first kappa shape index (κ1) is 14.3. The van der Waals surface area contributed by atoms with Gasteiger partial charge in [0.05, 0.1) is 12.1 Å². The van der Waals surface area contributed by atoms with Crippen LogP contribution >= 0.6 is 0 Å². The van der Waals surface area contributed by atoms with E-state index in [9.17, 15) is 9.59 Å². The number of rotatable bonds is 4. The zero-order chi connectivity index (χ0) is 14.7. The molecule has 2 rings (SSSR count). The van der Waals surface area contributed by atoms with Crippen molar-refractivity contribution in [2.45, 2.75) is 6.92 Å². The van der Waals surface area contributed by atoms with E-state index >= 15 is 0 Å². The summed E-state index contributed by atoms with van der Waals surface area (Å²) in [6.45, 7) is 4.40. The average Bonchev–Trinajstić information content (AvgIpc) is 2.38. The van der Waals surface area contributed by atoms with Crippen molar-refractivity contribution in [3.8, 4) is 0 Å². The lowest BCUT2D eigenvalue weighted by atomic mass is 10.2. The van der Waals surface area contributed by atoms with Crippen LogP contribution in [-0.2, 0) is 4.79 Å². The van der Waals surface area contributed by atoms with Gasteiger partial charge in [0.25, 0.3) is 5.91 Å². The van der Waals surface area contributed by atoms with Crippen molar-refractivity contribution < 1.29 is 14.7 Å². The van der Waals surface area contributed by atoms with Crippen LogP contribution < -0.4 is 10.6 Å². The number of primary amides is 1. The van der Waals surface area contributed by atoms with Crippen molar-refractivity contribution in [2.75, 3.05) is 37.6 Å². The van der Waals surface area contributed by atoms with E-state index in [1.165, 1.54) is 0 Å². The zero-order valence-corrected chi connectivity index (χ0v) is 11.4. The van der Waals surface area contributed by atoms with Gasteiger partial charge in [-0.2, -0.15) is 0 Å². The summed E-state index contributed by atoms with van der Waals surface area (Å²) in [6, 6.07) is 3.44. The van der Waals surface area contributed by atoms with Crippen LogP contribution in [0.2, 0.25) is 0 Å². The second-order valence-electron chi connectivity index (χ2n) is 4.84. The molecule has 1 aliphatic heterocycles. The molecule has 1 aliphatic rings. The quantitative estimate of drug-likeness (QED) is 0.784. The molecular formula is C13H18N4O3. The first-order valence-electron chi connectivity index (χ1n) is 6.44. The van der Waals surface area contributed by atoms with E-state index < -0.39 is 11.9 Å². The maximum atomic E-state index is 11.5. The fraction of sp³-hybridized carbons (Fsp3) is 0.462. The zero-order valence-electron chi connectivity index (χ0n) is 11.4. The smallest absolute Gasteiger partial charge is 0.317 e. The van der Waals surface area contributed by atoms with Gasteiger partial charge in [-0.1, -0.05) is 0 Å². The van der Waals surface area contributed by atoms with Crippen molar-refractivity contribution in [1.29, 1.82) is 0 Å². The lowest BCUT2D eigenvalue weighted by Crippen LogP contribution is -2.48. The molecule has 0 saturated carbocycles. The Morgan fingerprint density at radius 3 is 2.50 bits per heavy atom. The lowest BCUT2D eigenvalue weighted by Gasteiger charge is -2.35. The van der Waals surface area contributed by atoms with Crippen LogP contribution in [0, 0.1) is 6.92 Å². The van der Waals surface area contributed by atoms with Crippen LogP contribution in [0.15, 0.2) is 12.1 Å². The molecule has 108 valence electrons. The number of aliphatic carboxylic acids is 1. The minimum Gasteiger partial charge on any atom is -0.480 e. The number of aryl methyl sites for hydroxylation is 1. The van der Waals surface area contributed by atoms with Crippen LogP contribution in [0.25, 0.3) is 0 Å². The maximum Gasteiger partial charge on any atom is 0.317 e. The average molecular weight is 278 g/mol. The molecule has 1 saturated heterocycles. The fourth-order valence-corrected chi connectivity index (χ4v) is 2.29. The van der Waals surface area contributed by atoms with Crippen molar-refractivity contribution in [3.05, 3.63) is 23.4 Å². The third-order valence-corrected chi connectivity index (χ3v) is 3.31. The molecule has 0 unspecified atom stereocenters. The molecule has 0 aromatic carbocycles. The summed E-state index contributed by atoms with van der Waals surface area (Å²) >= 11 is 0. The first-order valence-corrected chi connectivity index (χ1v) is 6.44. The lowest BCUT2D eigenvalue weighted by molar-refractivity contribution is -0.138. The highest BCUT2D eigenvalue weighted by Gasteiger charge is 2.22. The van der Waals surface area contributed by atoms with Gasteiger partial charge in [-0.25, -0.2) is 4.98 Å². The number of amides is 1. The number of carboxylic acids is 1. The van der Waals surface area contributed by atoms with E-state index in [1.807, 2.05) is 16.7 Å². The number of nitrogens with zero attached hydrogens (tertiary/aromatic N) is 3. The predicted molar refractivity (Wildman–Crippen MR) is 73.8 cm³/mol. The second-order valence-corrected chi connectivity index (χ2v) is 4.84. The summed E-state index contributed by atoms with van der Waals surface area (Å²) in [4.78, 5) is 30.4. The molecule has 20 heavy (non-hydrogen) atoms. The highest BCUT2D eigenvalue weighted by Crippen LogP contribution is 2.19. The molecule has 0 atom stereocenters. The van der Waals surface area contributed by atoms with E-state index in [0.29, 0.717) is 37.6 Å². The molecule has 0 aliphatic carbocycles. The van der Waals surface area contributed by atoms with Crippen molar-refractivity contribution in [1.82, 2.24) is 9.88 Å². The molecule has 0 bridgehead atoms. The van der Waals surface area contributed by atoms with Gasteiger partial charge in [0.1, 0.15) is 5.82 Å². The largest absolute Gasteiger partial charge is 0.480 e. The van der Waals surface area contributed by atoms with Crippen LogP contribution in [-0.4, -0.2) is 59.6 Å². The molecule has 1 aromatic rings. The number of hydrogen-bond acceptors (Lipinski definition) is 5. The van der Waals surface area contributed by atoms with Gasteiger partial charge in [-0.05, 0) is 19.1 Å². The van der Waals surface area contributed by atoms with Gasteiger partial charge < -0.3 is 15.7 Å². The number of pyridine rings is 1. The fourth-order valence-electron chi connectivity index (χ4n) is 2.29. The normalized spacial score (nSPS) is 16.1. The number of carboxylic acid groups (broad SMARTS) is 1. The Morgan fingerprint density at radius 2 is 1.95 bits per heavy atom. The Morgan fingerprint density at radius 1 is 1.30 bits per heavy atom. The SMILES string of the molecule is Cc1ccc(C(N)=O)c(N2CCN(CC(=O)O)CC2)n1. The van der Waals surface area contributed by atoms with Crippen molar-refractivity contribution >= 4 is 17.7 Å². The molecule has 1 aromatic heterocycles. The van der Waals surface area contributed by atoms with Crippen molar-refractivity contribution in [3.63, 3.8) is 0 Å². The molecule has 0 spiro atoms. The van der Waals surface area contributed by atoms with E-state index in [-0.39, 0.29) is 6.54 Å². The molecule has 1 fully saturated rings. The summed E-state index contributed by atoms with van der Waals surface area (Å²) in [5.41, 5.74) is 6.59. The molecule has 0 radical (unpaired) electrons. The van der Waals surface area contributed by atoms with Gasteiger partial charge >= 0.3 is 5.97 Å². The highest BCUT2D eigenvalue weighted by molar-refractivity contribution is 5.97. The van der Waals surface area contributed by atoms with Gasteiger partial charge in [0.2, 0.25) is 0 Å². The third-order valence-electron chi connectivity index (χ3n) is 3.31. The van der Waals surface area contributed by atoms with E-state index in [4.69, 9.17) is 10.8 Å². The van der Waals surface area contributed by atoms with E-state index in [1.54, 1.807) is 12.1 Å². The predicted octanol–water partition coefficient (Wildman–Crippen LogP) is -0.304. The topological polar surface area (TPSA) is 99.8 Å². The number of aromatic nitrogens is 1. The van der Waals surface area contributed by atoms with E-state index in [2.05, 4.69) is 4.98 Å². The number of carbonyl (C=O) groups is 2. The molecule has 2 heterocycles. The summed E-state index contributed by atoms with van der Waals surface area (Å²) < 4.78 is 0. The molecule has 3 N–H and O–H groups in total. The molecule has 7 heteroatoms. The molecular weight excluding hydrogens is 260 g/mol. The van der Waals surface area contributed by atoms with Crippen LogP contribution in [0.5, 0.6) is 0 Å². The summed E-state index contributed by atoms with van der Waals surface area (Å²) in [6.07, 6.45) is 0. The number of carbonyl (C=O) groups excluding carboxylic acids is 1. The molecule has 1 amide bonds. The van der Waals surface area contributed by atoms with Gasteiger partial charge in [0, 0.05) is 31.9 Å². The third kappa shape index (κ3) is 3.24. The van der Waals surface area contributed by atoms with Gasteiger partial charge in [0.15, 0.2) is 0 Å². The maximum absolute atomic E-state index is 11.5. The standard InChI is InChI=1S/C13H18N4O3/c1-9-2-3-10(12(14)20)13(15-9)17-6-4-16(5-7-17)8-11(18)19/h2-3H,4-8H2,1H3,(H2,14,20)(H,18,19). The number of anilines is 1. The van der Waals surface area contributed by atoms with Gasteiger partial charge in [-0.3, -0.25) is 14.5 Å². The summed E-state index contributed by atoms with van der Waals surface area (Å²) in [5, 5.41) is 8.77. The Balaban J connectivity index is 2.12. The Hall–Kier alpha value is -2.15. The number of piperazine rings is 1. The summed E-state index contributed by atoms with van der Waals surface area (Å²) in [5.74, 6) is -0.738. The Bertz CT molecular complexity index is 524. The minimum absolute atomic E-state index is 0.0394. The Kier molecular flexibility index (Phi) is 4.19. The summed E-state index contributed by atoms with van der Waals surface area (Å²) in [7, 11) is 0. The monoisotopic (exact) mass is 278 g/mol. The number of hydrogen-bond donors (Lipinski definition) is 2. The molecule has 7 nitrogen and oxygen atoms in total. The minimum atomic E-state index is -0.829. The second kappa shape index (κ2) is 5.87. The van der Waals surface area contributed by atoms with Gasteiger partial charge in [-0.15, -0.1) is 0 Å². The number of nitrogens with two attached hydrogens (primary N) is 1.